The standard InChI is InChI=1S/C16H12N4O2/c21-15-14(10-4-2-1-3-5-10)20(16(22)19-15)11-6-7-12-13(8-11)18-9-17-12/h1-9,14H,(H,17,18)(H,19,21,22). The molecule has 1 aromatic heterocycles. The second-order valence-corrected chi connectivity index (χ2v) is 5.08. The first-order valence-corrected chi connectivity index (χ1v) is 6.86. The van der Waals surface area contributed by atoms with Gasteiger partial charge in [-0.15, -0.1) is 0 Å². The number of nitrogens with one attached hydrogen (secondary N) is 2. The topological polar surface area (TPSA) is 78.1 Å². The van der Waals surface area contributed by atoms with Crippen LogP contribution in [0.5, 0.6) is 0 Å². The number of amides is 3. The first-order chi connectivity index (χ1) is 10.7. The monoisotopic (exact) mass is 292 g/mol. The summed E-state index contributed by atoms with van der Waals surface area (Å²) in [6.07, 6.45) is 1.60. The predicted octanol–water partition coefficient (Wildman–Crippen LogP) is 2.36. The Labute approximate surface area is 125 Å². The van der Waals surface area contributed by atoms with Gasteiger partial charge in [-0.3, -0.25) is 15.0 Å². The fourth-order valence-corrected chi connectivity index (χ4v) is 2.74. The Morgan fingerprint density at radius 3 is 2.68 bits per heavy atom. The van der Waals surface area contributed by atoms with Gasteiger partial charge < -0.3 is 4.98 Å². The molecule has 1 aliphatic rings. The number of carbonyl (C=O) groups excluding carboxylic acids is 2. The van der Waals surface area contributed by atoms with E-state index < -0.39 is 12.1 Å². The van der Waals surface area contributed by atoms with Crippen molar-refractivity contribution in [3.05, 3.63) is 60.4 Å². The van der Waals surface area contributed by atoms with Crippen LogP contribution in [-0.2, 0) is 4.79 Å². The smallest absolute Gasteiger partial charge is 0.329 e. The molecule has 0 spiro atoms. The van der Waals surface area contributed by atoms with Crippen LogP contribution < -0.4 is 10.2 Å². The van der Waals surface area contributed by atoms with Crippen LogP contribution in [0.4, 0.5) is 10.5 Å². The normalized spacial score (nSPS) is 18.0. The van der Waals surface area contributed by atoms with E-state index in [0.29, 0.717) is 5.69 Å². The lowest BCUT2D eigenvalue weighted by atomic mass is 10.1. The SMILES string of the molecule is O=C1NC(=O)N(c2ccc3[nH]cnc3c2)C1c1ccccc1. The average Bonchev–Trinajstić information content (AvgIpc) is 3.11. The minimum absolute atomic E-state index is 0.321. The Morgan fingerprint density at radius 2 is 1.86 bits per heavy atom. The van der Waals surface area contributed by atoms with Gasteiger partial charge in [0.05, 0.1) is 17.4 Å². The molecule has 3 aromatic rings. The molecular formula is C16H12N4O2. The third-order valence-corrected chi connectivity index (χ3v) is 3.75. The number of urea groups is 1. The molecule has 1 atom stereocenters. The van der Waals surface area contributed by atoms with E-state index in [1.165, 1.54) is 4.90 Å². The lowest BCUT2D eigenvalue weighted by Gasteiger charge is -2.22. The summed E-state index contributed by atoms with van der Waals surface area (Å²) in [5.41, 5.74) is 3.03. The van der Waals surface area contributed by atoms with Crippen LogP contribution in [0.25, 0.3) is 11.0 Å². The number of imide groups is 1. The van der Waals surface area contributed by atoms with Crippen LogP contribution in [0.3, 0.4) is 0 Å². The molecule has 6 heteroatoms. The van der Waals surface area contributed by atoms with Crippen LogP contribution in [-0.4, -0.2) is 21.9 Å². The molecule has 3 amide bonds. The molecule has 1 fully saturated rings. The largest absolute Gasteiger partial charge is 0.345 e. The number of benzene rings is 2. The van der Waals surface area contributed by atoms with Crippen molar-refractivity contribution in [3.8, 4) is 0 Å². The number of imidazole rings is 1. The highest BCUT2D eigenvalue weighted by Gasteiger charge is 2.40. The Kier molecular flexibility index (Phi) is 2.69. The predicted molar refractivity (Wildman–Crippen MR) is 81.3 cm³/mol. The molecule has 4 rings (SSSR count). The van der Waals surface area contributed by atoms with Crippen molar-refractivity contribution in [2.75, 3.05) is 4.90 Å². The van der Waals surface area contributed by atoms with E-state index in [1.807, 2.05) is 36.4 Å². The number of aromatic nitrogens is 2. The first kappa shape index (κ1) is 12.6. The summed E-state index contributed by atoms with van der Waals surface area (Å²) in [6.45, 7) is 0. The fraction of sp³-hybridized carbons (Fsp3) is 0.0625. The molecule has 1 unspecified atom stereocenters. The van der Waals surface area contributed by atoms with Crippen LogP contribution in [0.1, 0.15) is 11.6 Å². The molecule has 108 valence electrons. The van der Waals surface area contributed by atoms with E-state index in [4.69, 9.17) is 0 Å². The number of aromatic amines is 1. The van der Waals surface area contributed by atoms with Gasteiger partial charge in [0.15, 0.2) is 0 Å². The first-order valence-electron chi connectivity index (χ1n) is 6.86. The van der Waals surface area contributed by atoms with Gasteiger partial charge in [-0.1, -0.05) is 30.3 Å². The molecule has 0 radical (unpaired) electrons. The van der Waals surface area contributed by atoms with E-state index in [1.54, 1.807) is 18.5 Å². The maximum absolute atomic E-state index is 12.2. The minimum Gasteiger partial charge on any atom is -0.345 e. The highest BCUT2D eigenvalue weighted by atomic mass is 16.2. The molecule has 2 heterocycles. The molecule has 2 aromatic carbocycles. The van der Waals surface area contributed by atoms with E-state index in [2.05, 4.69) is 15.3 Å². The number of hydrogen-bond acceptors (Lipinski definition) is 3. The van der Waals surface area contributed by atoms with Crippen LogP contribution in [0.15, 0.2) is 54.9 Å². The maximum Gasteiger partial charge on any atom is 0.329 e. The Morgan fingerprint density at radius 1 is 1.05 bits per heavy atom. The van der Waals surface area contributed by atoms with E-state index in [-0.39, 0.29) is 5.91 Å². The van der Waals surface area contributed by atoms with Gasteiger partial charge in [0.2, 0.25) is 0 Å². The zero-order valence-electron chi connectivity index (χ0n) is 11.5. The summed E-state index contributed by atoms with van der Waals surface area (Å²) in [5.74, 6) is -0.321. The quantitative estimate of drug-likeness (QED) is 0.712. The lowest BCUT2D eigenvalue weighted by Crippen LogP contribution is -2.29. The number of nitrogens with zero attached hydrogens (tertiary/aromatic N) is 2. The number of hydrogen-bond donors (Lipinski definition) is 2. The Bertz CT molecular complexity index is 872. The second-order valence-electron chi connectivity index (χ2n) is 5.08. The van der Waals surface area contributed by atoms with Gasteiger partial charge in [0, 0.05) is 5.69 Å². The lowest BCUT2D eigenvalue weighted by molar-refractivity contribution is -0.119. The van der Waals surface area contributed by atoms with Crippen LogP contribution >= 0.6 is 0 Å². The number of H-pyrrole nitrogens is 1. The van der Waals surface area contributed by atoms with Gasteiger partial charge in [-0.2, -0.15) is 0 Å². The zero-order valence-corrected chi connectivity index (χ0v) is 11.5. The maximum atomic E-state index is 12.2. The molecule has 2 N–H and O–H groups in total. The summed E-state index contributed by atoms with van der Waals surface area (Å²) in [4.78, 5) is 33.1. The third-order valence-electron chi connectivity index (χ3n) is 3.75. The molecule has 1 aliphatic heterocycles. The molecular weight excluding hydrogens is 280 g/mol. The Hall–Kier alpha value is -3.15. The highest BCUT2D eigenvalue weighted by molar-refractivity contribution is 6.14. The fourth-order valence-electron chi connectivity index (χ4n) is 2.74. The molecule has 6 nitrogen and oxygen atoms in total. The van der Waals surface area contributed by atoms with Crippen molar-refractivity contribution < 1.29 is 9.59 Å². The third kappa shape index (κ3) is 1.85. The zero-order chi connectivity index (χ0) is 15.1. The van der Waals surface area contributed by atoms with Gasteiger partial charge in [-0.05, 0) is 23.8 Å². The summed E-state index contributed by atoms with van der Waals surface area (Å²) in [6, 6.07) is 13.6. The van der Waals surface area contributed by atoms with Crippen molar-refractivity contribution in [2.24, 2.45) is 0 Å². The summed E-state index contributed by atoms with van der Waals surface area (Å²) in [5, 5.41) is 2.38. The molecule has 0 aliphatic carbocycles. The van der Waals surface area contributed by atoms with Crippen molar-refractivity contribution in [1.29, 1.82) is 0 Å². The van der Waals surface area contributed by atoms with Crippen LogP contribution in [0.2, 0.25) is 0 Å². The number of fused-ring (bicyclic) bond motifs is 1. The molecule has 0 bridgehead atoms. The number of carbonyl (C=O) groups is 2. The summed E-state index contributed by atoms with van der Waals surface area (Å²) in [7, 11) is 0. The van der Waals surface area contributed by atoms with E-state index in [9.17, 15) is 9.59 Å². The highest BCUT2D eigenvalue weighted by Crippen LogP contribution is 2.32. The van der Waals surface area contributed by atoms with Gasteiger partial charge >= 0.3 is 6.03 Å². The van der Waals surface area contributed by atoms with Crippen molar-refractivity contribution in [3.63, 3.8) is 0 Å². The van der Waals surface area contributed by atoms with Crippen molar-refractivity contribution in [1.82, 2.24) is 15.3 Å². The number of rotatable bonds is 2. The van der Waals surface area contributed by atoms with E-state index in [0.717, 1.165) is 16.6 Å². The average molecular weight is 292 g/mol. The van der Waals surface area contributed by atoms with E-state index >= 15 is 0 Å². The summed E-state index contributed by atoms with van der Waals surface area (Å²) < 4.78 is 0. The molecule has 22 heavy (non-hydrogen) atoms. The van der Waals surface area contributed by atoms with Gasteiger partial charge in [-0.25, -0.2) is 9.78 Å². The van der Waals surface area contributed by atoms with Crippen molar-refractivity contribution in [2.45, 2.75) is 6.04 Å². The second kappa shape index (κ2) is 4.70. The van der Waals surface area contributed by atoms with Crippen LogP contribution in [0, 0.1) is 0 Å². The minimum atomic E-state index is -0.662. The van der Waals surface area contributed by atoms with Crippen molar-refractivity contribution >= 4 is 28.7 Å². The van der Waals surface area contributed by atoms with Gasteiger partial charge in [0.1, 0.15) is 6.04 Å². The number of anilines is 1. The van der Waals surface area contributed by atoms with Gasteiger partial charge in [0.25, 0.3) is 5.91 Å². The summed E-state index contributed by atoms with van der Waals surface area (Å²) >= 11 is 0. The molecule has 0 saturated carbocycles. The Balaban J connectivity index is 1.83. The molecule has 1 saturated heterocycles.